The normalized spacial score (nSPS) is 13.5. The van der Waals surface area contributed by atoms with E-state index < -0.39 is 11.4 Å². The number of aryl methyl sites for hydroxylation is 1. The summed E-state index contributed by atoms with van der Waals surface area (Å²) in [5.74, 6) is 0.626. The number of imidazole rings is 1. The molecule has 0 aliphatic heterocycles. The average Bonchev–Trinajstić information content (AvgIpc) is 2.14. The highest BCUT2D eigenvalue weighted by Crippen LogP contribution is 1.95. The number of hydrogen-bond acceptors (Lipinski definition) is 1. The third-order valence-electron chi connectivity index (χ3n) is 1.41. The molecule has 1 aromatic heterocycles. The number of nitrogens with zero attached hydrogens (tertiary/aromatic N) is 2. The molecule has 1 atom stereocenters. The van der Waals surface area contributed by atoms with E-state index in [9.17, 15) is 8.09 Å². The Labute approximate surface area is 61.0 Å². The maximum absolute atomic E-state index is 12.1. The Hall–Kier alpha value is -0.710. The van der Waals surface area contributed by atoms with Crippen molar-refractivity contribution in [2.45, 2.75) is 6.92 Å². The summed E-state index contributed by atoms with van der Waals surface area (Å²) in [5.41, 5.74) is 0. The lowest BCUT2D eigenvalue weighted by molar-refractivity contribution is -0.676. The molecule has 0 N–H and O–H groups in total. The standard InChI is InChI=1S/C5H8FN2OS/c1-5-7(2)3-4-8(5)10(6)9/h3-4H,1-2H3/q+1. The Bertz CT molecular complexity index is 271. The van der Waals surface area contributed by atoms with E-state index in [1.807, 2.05) is 0 Å². The van der Waals surface area contributed by atoms with E-state index in [1.54, 1.807) is 24.7 Å². The predicted molar refractivity (Wildman–Crippen MR) is 35.0 cm³/mol. The fraction of sp³-hybridized carbons (Fsp3) is 0.400. The molecule has 10 heavy (non-hydrogen) atoms. The Kier molecular flexibility index (Phi) is 1.85. The van der Waals surface area contributed by atoms with E-state index in [1.165, 1.54) is 6.20 Å². The maximum Gasteiger partial charge on any atom is 0.399 e. The van der Waals surface area contributed by atoms with Gasteiger partial charge in [-0.05, 0) is 0 Å². The summed E-state index contributed by atoms with van der Waals surface area (Å²) in [6, 6.07) is 0. The number of aromatic nitrogens is 2. The van der Waals surface area contributed by atoms with Gasteiger partial charge in [0.25, 0.3) is 5.82 Å². The molecule has 0 fully saturated rings. The monoisotopic (exact) mass is 163 g/mol. The first-order valence-corrected chi connectivity index (χ1v) is 3.75. The maximum atomic E-state index is 12.1. The Morgan fingerprint density at radius 2 is 2.40 bits per heavy atom. The van der Waals surface area contributed by atoms with E-state index in [0.717, 1.165) is 3.97 Å². The van der Waals surface area contributed by atoms with Crippen molar-refractivity contribution in [3.63, 3.8) is 0 Å². The van der Waals surface area contributed by atoms with E-state index in [0.29, 0.717) is 5.82 Å². The predicted octanol–water partition coefficient (Wildman–Crippen LogP) is 0.0173. The van der Waals surface area contributed by atoms with Gasteiger partial charge in [0.05, 0.1) is 7.05 Å². The molecule has 0 radical (unpaired) electrons. The molecule has 0 saturated carbocycles. The van der Waals surface area contributed by atoms with Crippen LogP contribution in [0.25, 0.3) is 0 Å². The van der Waals surface area contributed by atoms with Crippen LogP contribution in [-0.2, 0) is 18.4 Å². The van der Waals surface area contributed by atoms with E-state index in [-0.39, 0.29) is 0 Å². The highest BCUT2D eigenvalue weighted by molar-refractivity contribution is 7.78. The quantitative estimate of drug-likeness (QED) is 0.423. The molecule has 0 aliphatic carbocycles. The van der Waals surface area contributed by atoms with Gasteiger partial charge in [-0.15, -0.1) is 3.97 Å². The smallest absolute Gasteiger partial charge is 0.236 e. The molecule has 56 valence electrons. The Morgan fingerprint density at radius 3 is 2.60 bits per heavy atom. The van der Waals surface area contributed by atoms with Crippen molar-refractivity contribution in [2.24, 2.45) is 7.05 Å². The zero-order valence-corrected chi connectivity index (χ0v) is 6.56. The minimum Gasteiger partial charge on any atom is -0.236 e. The fourth-order valence-electron chi connectivity index (χ4n) is 0.683. The van der Waals surface area contributed by atoms with Gasteiger partial charge in [-0.2, -0.15) is 4.21 Å². The lowest BCUT2D eigenvalue weighted by atomic mass is 10.7. The van der Waals surface area contributed by atoms with Crippen LogP contribution < -0.4 is 4.57 Å². The molecule has 0 spiro atoms. The fourth-order valence-corrected chi connectivity index (χ4v) is 1.17. The first-order chi connectivity index (χ1) is 4.63. The minimum absolute atomic E-state index is 0.626. The molecule has 1 rings (SSSR count). The van der Waals surface area contributed by atoms with Crippen molar-refractivity contribution < 1.29 is 12.7 Å². The highest BCUT2D eigenvalue weighted by Gasteiger charge is 2.14. The van der Waals surface area contributed by atoms with Gasteiger partial charge in [0.1, 0.15) is 12.4 Å². The highest BCUT2D eigenvalue weighted by atomic mass is 32.2. The lowest BCUT2D eigenvalue weighted by Gasteiger charge is -1.86. The summed E-state index contributed by atoms with van der Waals surface area (Å²) in [6.07, 6.45) is 3.08. The zero-order chi connectivity index (χ0) is 7.72. The molecular formula is C5H8FN2OS+. The van der Waals surface area contributed by atoms with Crippen LogP contribution in [-0.4, -0.2) is 8.18 Å². The summed E-state index contributed by atoms with van der Waals surface area (Å²) in [4.78, 5) is 0. The number of rotatable bonds is 1. The third kappa shape index (κ3) is 1.09. The molecule has 1 aromatic rings. The van der Waals surface area contributed by atoms with Crippen molar-refractivity contribution in [1.29, 1.82) is 0 Å². The second kappa shape index (κ2) is 2.49. The van der Waals surface area contributed by atoms with E-state index in [4.69, 9.17) is 0 Å². The summed E-state index contributed by atoms with van der Waals surface area (Å²) < 4.78 is 25.2. The van der Waals surface area contributed by atoms with Gasteiger partial charge in [-0.1, -0.05) is 3.89 Å². The number of hydrogen-bond donors (Lipinski definition) is 0. The van der Waals surface area contributed by atoms with Crippen LogP contribution in [0.5, 0.6) is 0 Å². The molecule has 0 amide bonds. The second-order valence-electron chi connectivity index (χ2n) is 1.99. The molecule has 1 unspecified atom stereocenters. The lowest BCUT2D eigenvalue weighted by Crippen LogP contribution is -2.29. The van der Waals surface area contributed by atoms with Crippen LogP contribution in [0, 0.1) is 6.92 Å². The summed E-state index contributed by atoms with van der Waals surface area (Å²) >= 11 is -2.42. The molecule has 0 saturated heterocycles. The molecule has 3 nitrogen and oxygen atoms in total. The van der Waals surface area contributed by atoms with Crippen LogP contribution in [0.4, 0.5) is 3.89 Å². The van der Waals surface area contributed by atoms with Crippen molar-refractivity contribution in [3.8, 4) is 0 Å². The van der Waals surface area contributed by atoms with Gasteiger partial charge in [0.2, 0.25) is 0 Å². The first kappa shape index (κ1) is 7.40. The summed E-state index contributed by atoms with van der Waals surface area (Å²) in [7, 11) is 1.76. The van der Waals surface area contributed by atoms with Gasteiger partial charge in [-0.3, -0.25) is 0 Å². The SMILES string of the molecule is Cc1n(S(=O)F)cc[n+]1C. The molecule has 0 aliphatic rings. The van der Waals surface area contributed by atoms with Crippen molar-refractivity contribution in [2.75, 3.05) is 0 Å². The van der Waals surface area contributed by atoms with Crippen LogP contribution in [0.2, 0.25) is 0 Å². The Morgan fingerprint density at radius 1 is 1.80 bits per heavy atom. The Balaban J connectivity index is 3.17. The molecule has 1 heterocycles. The average molecular weight is 163 g/mol. The third-order valence-corrected chi connectivity index (χ3v) is 2.10. The minimum atomic E-state index is -2.42. The van der Waals surface area contributed by atoms with Crippen LogP contribution >= 0.6 is 0 Å². The zero-order valence-electron chi connectivity index (χ0n) is 5.74. The van der Waals surface area contributed by atoms with Gasteiger partial charge in [0.15, 0.2) is 0 Å². The van der Waals surface area contributed by atoms with Crippen LogP contribution in [0.1, 0.15) is 5.82 Å². The molecular weight excluding hydrogens is 155 g/mol. The number of halogens is 1. The van der Waals surface area contributed by atoms with E-state index >= 15 is 0 Å². The summed E-state index contributed by atoms with van der Waals surface area (Å²) in [5, 5.41) is 0. The molecule has 0 aromatic carbocycles. The van der Waals surface area contributed by atoms with Gasteiger partial charge in [0, 0.05) is 6.92 Å². The summed E-state index contributed by atoms with van der Waals surface area (Å²) in [6.45, 7) is 1.69. The largest absolute Gasteiger partial charge is 0.399 e. The first-order valence-electron chi connectivity index (χ1n) is 2.75. The van der Waals surface area contributed by atoms with Crippen LogP contribution in [0.3, 0.4) is 0 Å². The van der Waals surface area contributed by atoms with Crippen LogP contribution in [0.15, 0.2) is 12.4 Å². The van der Waals surface area contributed by atoms with Gasteiger partial charge < -0.3 is 0 Å². The van der Waals surface area contributed by atoms with Gasteiger partial charge in [-0.25, -0.2) is 4.57 Å². The van der Waals surface area contributed by atoms with Crippen molar-refractivity contribution in [1.82, 2.24) is 3.97 Å². The molecule has 5 heteroatoms. The van der Waals surface area contributed by atoms with Crippen molar-refractivity contribution in [3.05, 3.63) is 18.2 Å². The topological polar surface area (TPSA) is 25.9 Å². The van der Waals surface area contributed by atoms with Crippen molar-refractivity contribution >= 4 is 11.4 Å². The second-order valence-corrected chi connectivity index (χ2v) is 2.80. The van der Waals surface area contributed by atoms with E-state index in [2.05, 4.69) is 0 Å². The van der Waals surface area contributed by atoms with Gasteiger partial charge >= 0.3 is 11.4 Å². The molecule has 0 bridgehead atoms.